The van der Waals surface area contributed by atoms with Crippen molar-refractivity contribution in [3.05, 3.63) is 5.02 Å². The van der Waals surface area contributed by atoms with E-state index in [-0.39, 0.29) is 12.6 Å². The number of anilines is 3. The van der Waals surface area contributed by atoms with Gasteiger partial charge in [0.25, 0.3) is 0 Å². The number of aliphatic hydroxyl groups excluding tert-OH is 1. The number of hydrogen-bond donors (Lipinski definition) is 4. The molecule has 1 heterocycles. The summed E-state index contributed by atoms with van der Waals surface area (Å²) in [5.41, 5.74) is 5.50. The van der Waals surface area contributed by atoms with E-state index >= 15 is 0 Å². The van der Waals surface area contributed by atoms with Gasteiger partial charge in [-0.05, 0) is 6.42 Å². The van der Waals surface area contributed by atoms with Crippen LogP contribution in [0.5, 0.6) is 0 Å². The molecule has 0 radical (unpaired) electrons. The van der Waals surface area contributed by atoms with Crippen LogP contribution in [-0.4, -0.2) is 35.3 Å². The molecule has 6 nitrogen and oxygen atoms in total. The number of hydrogen-bond acceptors (Lipinski definition) is 6. The summed E-state index contributed by atoms with van der Waals surface area (Å²) in [6.45, 7) is 0.694. The largest absolute Gasteiger partial charge is 0.396 e. The van der Waals surface area contributed by atoms with Crippen molar-refractivity contribution in [1.82, 2.24) is 9.97 Å². The minimum absolute atomic E-state index is 0.115. The van der Waals surface area contributed by atoms with Gasteiger partial charge in [-0.3, -0.25) is 0 Å². The smallest absolute Gasteiger partial charge is 0.224 e. The number of nitrogens with one attached hydrogen (secondary N) is 2. The van der Waals surface area contributed by atoms with Gasteiger partial charge >= 0.3 is 0 Å². The van der Waals surface area contributed by atoms with Gasteiger partial charge < -0.3 is 21.5 Å². The van der Waals surface area contributed by atoms with Crippen LogP contribution in [0.15, 0.2) is 0 Å². The van der Waals surface area contributed by atoms with Crippen LogP contribution in [0.25, 0.3) is 0 Å². The van der Waals surface area contributed by atoms with Gasteiger partial charge in [0, 0.05) is 20.2 Å². The van der Waals surface area contributed by atoms with E-state index in [1.165, 1.54) is 0 Å². The topological polar surface area (TPSA) is 96.1 Å². The van der Waals surface area contributed by atoms with Crippen LogP contribution < -0.4 is 16.4 Å². The minimum Gasteiger partial charge on any atom is -0.396 e. The molecule has 5 N–H and O–H groups in total. The molecule has 0 amide bonds. The third kappa shape index (κ3) is 3.10. The second-order valence-corrected chi connectivity index (χ2v) is 3.22. The van der Waals surface area contributed by atoms with Gasteiger partial charge in [0.05, 0.1) is 0 Å². The fourth-order valence-corrected chi connectivity index (χ4v) is 1.28. The quantitative estimate of drug-likeness (QED) is 0.553. The van der Waals surface area contributed by atoms with Crippen LogP contribution >= 0.6 is 11.6 Å². The highest BCUT2D eigenvalue weighted by atomic mass is 35.5. The Kier molecular flexibility index (Phi) is 4.38. The van der Waals surface area contributed by atoms with Crippen molar-refractivity contribution in [2.75, 3.05) is 36.6 Å². The number of nitrogen functional groups attached to an aromatic ring is 1. The summed E-state index contributed by atoms with van der Waals surface area (Å²) in [4.78, 5) is 7.87. The molecule has 0 atom stereocenters. The molecule has 0 spiro atoms. The summed E-state index contributed by atoms with van der Waals surface area (Å²) in [5, 5.41) is 14.8. The molecule has 0 aliphatic heterocycles. The van der Waals surface area contributed by atoms with Gasteiger partial charge in [0.1, 0.15) is 5.02 Å². The van der Waals surface area contributed by atoms with E-state index in [9.17, 15) is 0 Å². The predicted molar refractivity (Wildman–Crippen MR) is 61.2 cm³/mol. The zero-order valence-electron chi connectivity index (χ0n) is 8.42. The number of aromatic nitrogens is 2. The molecule has 84 valence electrons. The fraction of sp³-hybridized carbons (Fsp3) is 0.500. The van der Waals surface area contributed by atoms with Gasteiger partial charge in [-0.2, -0.15) is 9.97 Å². The molecule has 0 aromatic carbocycles. The Balaban J connectivity index is 2.81. The van der Waals surface area contributed by atoms with Crippen LogP contribution in [0.1, 0.15) is 6.42 Å². The number of halogens is 1. The second-order valence-electron chi connectivity index (χ2n) is 2.85. The first-order valence-corrected chi connectivity index (χ1v) is 4.92. The highest BCUT2D eigenvalue weighted by Gasteiger charge is 2.09. The minimum atomic E-state index is 0.115. The van der Waals surface area contributed by atoms with Crippen molar-refractivity contribution in [1.29, 1.82) is 0 Å². The Morgan fingerprint density at radius 3 is 2.67 bits per heavy atom. The zero-order valence-corrected chi connectivity index (χ0v) is 9.17. The van der Waals surface area contributed by atoms with Crippen molar-refractivity contribution in [3.63, 3.8) is 0 Å². The average molecular weight is 232 g/mol. The maximum absolute atomic E-state index is 8.63. The number of rotatable bonds is 5. The number of nitrogens with two attached hydrogens (primary N) is 1. The van der Waals surface area contributed by atoms with E-state index in [0.717, 1.165) is 0 Å². The summed E-state index contributed by atoms with van der Waals surface area (Å²) in [6.07, 6.45) is 0.620. The van der Waals surface area contributed by atoms with E-state index in [2.05, 4.69) is 20.6 Å². The summed E-state index contributed by atoms with van der Waals surface area (Å²) in [7, 11) is 1.70. The molecular formula is C8H14ClN5O. The lowest BCUT2D eigenvalue weighted by Gasteiger charge is -2.10. The molecule has 1 rings (SSSR count). The maximum Gasteiger partial charge on any atom is 0.224 e. The molecule has 0 fully saturated rings. The third-order valence-corrected chi connectivity index (χ3v) is 2.09. The van der Waals surface area contributed by atoms with Crippen LogP contribution in [0.4, 0.5) is 17.6 Å². The van der Waals surface area contributed by atoms with E-state index in [1.54, 1.807) is 7.05 Å². The number of aliphatic hydroxyl groups is 1. The van der Waals surface area contributed by atoms with Crippen LogP contribution in [-0.2, 0) is 0 Å². The Morgan fingerprint density at radius 1 is 1.40 bits per heavy atom. The lowest BCUT2D eigenvalue weighted by Crippen LogP contribution is -2.09. The summed E-state index contributed by atoms with van der Waals surface area (Å²) >= 11 is 5.99. The van der Waals surface area contributed by atoms with Crippen molar-refractivity contribution >= 4 is 29.2 Å². The molecule has 15 heavy (non-hydrogen) atoms. The predicted octanol–water partition coefficient (Wildman–Crippen LogP) is 0.548. The van der Waals surface area contributed by atoms with Crippen LogP contribution in [0.2, 0.25) is 5.02 Å². The Bertz CT molecular complexity index is 333. The summed E-state index contributed by atoms with van der Waals surface area (Å²) < 4.78 is 0. The monoisotopic (exact) mass is 231 g/mol. The molecule has 0 aliphatic carbocycles. The Hall–Kier alpha value is -1.27. The molecular weight excluding hydrogens is 218 g/mol. The lowest BCUT2D eigenvalue weighted by molar-refractivity contribution is 0.292. The molecule has 7 heteroatoms. The van der Waals surface area contributed by atoms with Crippen LogP contribution in [0.3, 0.4) is 0 Å². The average Bonchev–Trinajstić information content (AvgIpc) is 2.23. The number of nitrogens with zero attached hydrogens (tertiary/aromatic N) is 2. The zero-order chi connectivity index (χ0) is 11.3. The molecule has 1 aromatic heterocycles. The molecule has 0 bridgehead atoms. The van der Waals surface area contributed by atoms with E-state index < -0.39 is 0 Å². The lowest BCUT2D eigenvalue weighted by atomic mass is 10.4. The van der Waals surface area contributed by atoms with Crippen molar-refractivity contribution < 1.29 is 5.11 Å². The van der Waals surface area contributed by atoms with Gasteiger partial charge in [0.2, 0.25) is 5.95 Å². The van der Waals surface area contributed by atoms with E-state index in [0.29, 0.717) is 29.6 Å². The highest BCUT2D eigenvalue weighted by molar-refractivity contribution is 6.35. The van der Waals surface area contributed by atoms with Crippen molar-refractivity contribution in [2.45, 2.75) is 6.42 Å². The fourth-order valence-electron chi connectivity index (χ4n) is 1.03. The van der Waals surface area contributed by atoms with Crippen molar-refractivity contribution in [3.8, 4) is 0 Å². The van der Waals surface area contributed by atoms with Gasteiger partial charge in [0.15, 0.2) is 11.6 Å². The van der Waals surface area contributed by atoms with Crippen molar-refractivity contribution in [2.24, 2.45) is 0 Å². The van der Waals surface area contributed by atoms with Gasteiger partial charge in [-0.1, -0.05) is 11.6 Å². The first-order valence-electron chi connectivity index (χ1n) is 4.54. The standard InChI is InChI=1S/C8H14ClN5O/c1-11-6-5(9)7(12-3-2-4-15)14-8(10)13-6/h15H,2-4H2,1H3,(H4,10,11,12,13,14). The Morgan fingerprint density at radius 2 is 2.07 bits per heavy atom. The first kappa shape index (κ1) is 11.8. The molecule has 0 saturated carbocycles. The third-order valence-electron chi connectivity index (χ3n) is 1.73. The van der Waals surface area contributed by atoms with Gasteiger partial charge in [-0.25, -0.2) is 0 Å². The van der Waals surface area contributed by atoms with E-state index in [1.807, 2.05) is 0 Å². The normalized spacial score (nSPS) is 10.1. The highest BCUT2D eigenvalue weighted by Crippen LogP contribution is 2.27. The van der Waals surface area contributed by atoms with Crippen LogP contribution in [0, 0.1) is 0 Å². The first-order chi connectivity index (χ1) is 7.19. The molecule has 0 saturated heterocycles. The SMILES string of the molecule is CNc1nc(N)nc(NCCCO)c1Cl. The van der Waals surface area contributed by atoms with E-state index in [4.69, 9.17) is 22.4 Å². The molecule has 0 aliphatic rings. The second kappa shape index (κ2) is 5.57. The van der Waals surface area contributed by atoms with Gasteiger partial charge in [-0.15, -0.1) is 0 Å². The summed E-state index contributed by atoms with van der Waals surface area (Å²) in [5.74, 6) is 1.10. The maximum atomic E-state index is 8.63. The summed E-state index contributed by atoms with van der Waals surface area (Å²) in [6, 6.07) is 0. The molecule has 0 unspecified atom stereocenters. The molecule has 1 aromatic rings. The Labute approximate surface area is 92.9 Å².